The highest BCUT2D eigenvalue weighted by Gasteiger charge is 2.34. The van der Waals surface area contributed by atoms with Crippen molar-refractivity contribution >= 4 is 11.6 Å². The molecule has 28 heavy (non-hydrogen) atoms. The van der Waals surface area contributed by atoms with Gasteiger partial charge in [-0.05, 0) is 37.5 Å². The van der Waals surface area contributed by atoms with Crippen molar-refractivity contribution < 1.29 is 9.47 Å². The first-order valence-electron chi connectivity index (χ1n) is 9.18. The van der Waals surface area contributed by atoms with Gasteiger partial charge in [-0.3, -0.25) is 4.79 Å². The summed E-state index contributed by atoms with van der Waals surface area (Å²) in [7, 11) is 0. The molecule has 1 saturated heterocycles. The number of fused-ring (bicyclic) bond motifs is 1. The summed E-state index contributed by atoms with van der Waals surface area (Å²) < 4.78 is 13.1. The second kappa shape index (κ2) is 7.34. The highest BCUT2D eigenvalue weighted by Crippen LogP contribution is 2.40. The molecule has 0 amide bonds. The van der Waals surface area contributed by atoms with Crippen LogP contribution in [0.25, 0.3) is 0 Å². The predicted octanol–water partition coefficient (Wildman–Crippen LogP) is 3.21. The van der Waals surface area contributed by atoms with E-state index in [-0.39, 0.29) is 23.1 Å². The molecule has 2 atom stereocenters. The van der Waals surface area contributed by atoms with E-state index in [9.17, 15) is 10.1 Å². The molecule has 0 spiro atoms. The Morgan fingerprint density at radius 1 is 1.36 bits per heavy atom. The number of rotatable bonds is 3. The molecule has 2 N–H and O–H groups in total. The van der Waals surface area contributed by atoms with Crippen LogP contribution in [0.4, 0.5) is 0 Å². The first-order chi connectivity index (χ1) is 13.5. The summed E-state index contributed by atoms with van der Waals surface area (Å²) in [5, 5.41) is 10.3. The lowest BCUT2D eigenvalue weighted by Crippen LogP contribution is -2.35. The van der Waals surface area contributed by atoms with Gasteiger partial charge in [-0.25, -0.2) is 0 Å². The molecule has 7 heteroatoms. The Morgan fingerprint density at radius 3 is 2.75 bits per heavy atom. The van der Waals surface area contributed by atoms with Crippen LogP contribution < -0.4 is 16.0 Å². The van der Waals surface area contributed by atoms with E-state index in [1.165, 1.54) is 0 Å². The van der Waals surface area contributed by atoms with Gasteiger partial charge in [0.25, 0.3) is 5.56 Å². The largest absolute Gasteiger partial charge is 0.440 e. The van der Waals surface area contributed by atoms with E-state index < -0.39 is 5.92 Å². The summed E-state index contributed by atoms with van der Waals surface area (Å²) in [4.78, 5) is 13.5. The number of nitrogens with two attached hydrogens (primary N) is 1. The first kappa shape index (κ1) is 18.6. The molecule has 1 aromatic heterocycles. The summed E-state index contributed by atoms with van der Waals surface area (Å²) in [6.45, 7) is 3.06. The van der Waals surface area contributed by atoms with Crippen molar-refractivity contribution in [3.63, 3.8) is 0 Å². The second-order valence-corrected chi connectivity index (χ2v) is 7.53. The number of hydrogen-bond donors (Lipinski definition) is 1. The molecule has 3 heterocycles. The summed E-state index contributed by atoms with van der Waals surface area (Å²) in [5.74, 6) is -0.192. The van der Waals surface area contributed by atoms with E-state index in [0.29, 0.717) is 22.9 Å². The zero-order valence-corrected chi connectivity index (χ0v) is 16.2. The normalized spacial score (nSPS) is 21.2. The van der Waals surface area contributed by atoms with Gasteiger partial charge in [0.05, 0.1) is 24.1 Å². The average Bonchev–Trinajstić information content (AvgIpc) is 3.18. The van der Waals surface area contributed by atoms with Crippen LogP contribution in [0, 0.1) is 18.3 Å². The molecule has 1 aromatic carbocycles. The smallest absolute Gasteiger partial charge is 0.258 e. The Labute approximate surface area is 167 Å². The number of pyridine rings is 1. The minimum atomic E-state index is -0.602. The molecule has 2 aliphatic heterocycles. The lowest BCUT2D eigenvalue weighted by Gasteiger charge is -2.27. The summed E-state index contributed by atoms with van der Waals surface area (Å²) in [6.07, 6.45) is 1.94. The van der Waals surface area contributed by atoms with Gasteiger partial charge in [0.2, 0.25) is 5.88 Å². The van der Waals surface area contributed by atoms with Gasteiger partial charge in [-0.15, -0.1) is 0 Å². The van der Waals surface area contributed by atoms with E-state index in [1.54, 1.807) is 34.9 Å². The lowest BCUT2D eigenvalue weighted by atomic mass is 9.84. The van der Waals surface area contributed by atoms with Crippen molar-refractivity contribution in [2.75, 3.05) is 6.61 Å². The molecule has 2 aliphatic rings. The SMILES string of the molecule is Cc1cc2c(c(=O)n1C[C@H]1CCCO1)[C@H](c1ccc(Cl)cc1)C(C#N)=C(N)O2. The molecule has 0 bridgehead atoms. The third kappa shape index (κ3) is 3.17. The number of halogens is 1. The van der Waals surface area contributed by atoms with Crippen molar-refractivity contribution in [1.82, 2.24) is 4.57 Å². The third-order valence-corrected chi connectivity index (χ3v) is 5.56. The third-order valence-electron chi connectivity index (χ3n) is 5.30. The number of aromatic nitrogens is 1. The highest BCUT2D eigenvalue weighted by atomic mass is 35.5. The number of aryl methyl sites for hydroxylation is 1. The van der Waals surface area contributed by atoms with Crippen molar-refractivity contribution in [3.8, 4) is 11.8 Å². The number of nitriles is 1. The Bertz CT molecular complexity index is 1040. The number of allylic oxidation sites excluding steroid dienone is 1. The van der Waals surface area contributed by atoms with Crippen molar-refractivity contribution in [1.29, 1.82) is 5.26 Å². The maximum absolute atomic E-state index is 13.5. The molecule has 2 aromatic rings. The number of ether oxygens (including phenoxy) is 2. The lowest BCUT2D eigenvalue weighted by molar-refractivity contribution is 0.0955. The average molecular weight is 398 g/mol. The molecule has 0 saturated carbocycles. The maximum atomic E-state index is 13.5. The Kier molecular flexibility index (Phi) is 4.88. The molecule has 6 nitrogen and oxygen atoms in total. The zero-order chi connectivity index (χ0) is 19.8. The van der Waals surface area contributed by atoms with Crippen LogP contribution in [0.3, 0.4) is 0 Å². The second-order valence-electron chi connectivity index (χ2n) is 7.09. The molecule has 0 unspecified atom stereocenters. The molecule has 0 radical (unpaired) electrons. The van der Waals surface area contributed by atoms with E-state index in [4.69, 9.17) is 26.8 Å². The summed E-state index contributed by atoms with van der Waals surface area (Å²) in [6, 6.07) is 11.0. The van der Waals surface area contributed by atoms with Gasteiger partial charge in [-0.2, -0.15) is 5.26 Å². The molecule has 4 rings (SSSR count). The summed E-state index contributed by atoms with van der Waals surface area (Å²) >= 11 is 6.02. The van der Waals surface area contributed by atoms with Gasteiger partial charge >= 0.3 is 0 Å². The molecule has 144 valence electrons. The van der Waals surface area contributed by atoms with Gasteiger partial charge in [0.1, 0.15) is 17.4 Å². The van der Waals surface area contributed by atoms with E-state index in [2.05, 4.69) is 6.07 Å². The fraction of sp³-hybridized carbons (Fsp3) is 0.333. The van der Waals surface area contributed by atoms with Crippen LogP contribution >= 0.6 is 11.6 Å². The van der Waals surface area contributed by atoms with Crippen LogP contribution in [0.15, 0.2) is 46.6 Å². The topological polar surface area (TPSA) is 90.3 Å². The number of benzene rings is 1. The fourth-order valence-corrected chi connectivity index (χ4v) is 4.02. The van der Waals surface area contributed by atoms with Gasteiger partial charge in [0.15, 0.2) is 0 Å². The Morgan fingerprint density at radius 2 is 2.11 bits per heavy atom. The van der Waals surface area contributed by atoms with Crippen LogP contribution in [-0.2, 0) is 11.3 Å². The van der Waals surface area contributed by atoms with Crippen molar-refractivity contribution in [2.24, 2.45) is 5.73 Å². The van der Waals surface area contributed by atoms with Gasteiger partial charge in [0, 0.05) is 23.4 Å². The maximum Gasteiger partial charge on any atom is 0.258 e. The Hall–Kier alpha value is -2.75. The van der Waals surface area contributed by atoms with Crippen LogP contribution in [0.1, 0.15) is 35.6 Å². The zero-order valence-electron chi connectivity index (χ0n) is 15.4. The van der Waals surface area contributed by atoms with E-state index in [0.717, 1.165) is 30.7 Å². The minimum absolute atomic E-state index is 0.0176. The summed E-state index contributed by atoms with van der Waals surface area (Å²) in [5.41, 5.74) is 7.99. The van der Waals surface area contributed by atoms with Crippen LogP contribution in [0.2, 0.25) is 5.02 Å². The monoisotopic (exact) mass is 397 g/mol. The van der Waals surface area contributed by atoms with Gasteiger partial charge in [-0.1, -0.05) is 23.7 Å². The molecule has 0 aliphatic carbocycles. The molecular formula is C21H20ClN3O3. The standard InChI is InChI=1S/C21H20ClN3O3/c1-12-9-17-19(21(26)25(12)11-15-3-2-8-27-15)18(16(10-23)20(24)28-17)13-4-6-14(22)7-5-13/h4-7,9,15,18H,2-3,8,11,24H2,1H3/t15-,18-/m1/s1. The quantitative estimate of drug-likeness (QED) is 0.858. The van der Waals surface area contributed by atoms with Crippen LogP contribution in [-0.4, -0.2) is 17.3 Å². The predicted molar refractivity (Wildman–Crippen MR) is 105 cm³/mol. The first-order valence-corrected chi connectivity index (χ1v) is 9.56. The number of nitrogens with zero attached hydrogens (tertiary/aromatic N) is 2. The fourth-order valence-electron chi connectivity index (χ4n) is 3.89. The van der Waals surface area contributed by atoms with Gasteiger partial charge < -0.3 is 19.8 Å². The van der Waals surface area contributed by atoms with Crippen molar-refractivity contribution in [3.05, 3.63) is 74.0 Å². The minimum Gasteiger partial charge on any atom is -0.440 e. The Balaban J connectivity index is 1.89. The molecule has 1 fully saturated rings. The van der Waals surface area contributed by atoms with Crippen molar-refractivity contribution in [2.45, 2.75) is 38.3 Å². The number of hydrogen-bond acceptors (Lipinski definition) is 5. The molecular weight excluding hydrogens is 378 g/mol. The van der Waals surface area contributed by atoms with E-state index in [1.807, 2.05) is 6.92 Å². The van der Waals surface area contributed by atoms with Crippen LogP contribution in [0.5, 0.6) is 5.75 Å². The highest BCUT2D eigenvalue weighted by molar-refractivity contribution is 6.30. The van der Waals surface area contributed by atoms with E-state index >= 15 is 0 Å².